The Kier molecular flexibility index (Phi) is 8.39. The van der Waals surface area contributed by atoms with E-state index in [2.05, 4.69) is 21.5 Å². The molecule has 1 aromatic rings. The molecule has 1 N–H and O–H groups in total. The first-order valence-corrected chi connectivity index (χ1v) is 9.64. The van der Waals surface area contributed by atoms with E-state index in [1.54, 1.807) is 19.3 Å². The summed E-state index contributed by atoms with van der Waals surface area (Å²) in [5.74, 6) is 0.213. The maximum Gasteiger partial charge on any atom is 0.330 e. The van der Waals surface area contributed by atoms with E-state index < -0.39 is 5.97 Å². The van der Waals surface area contributed by atoms with Crippen molar-refractivity contribution in [2.24, 2.45) is 5.92 Å². The van der Waals surface area contributed by atoms with Crippen LogP contribution >= 0.6 is 11.6 Å². The van der Waals surface area contributed by atoms with Crippen molar-refractivity contribution < 1.29 is 19.1 Å². The predicted octanol–water partition coefficient (Wildman–Crippen LogP) is 3.27. The Labute approximate surface area is 171 Å². The standard InChI is InChI=1S/C21H27ClN2O4/c1-15(18-13-17(22)9-10-19(18)27-2)24-12-6-7-16(14-24)21(26)23-11-5-4-8-20(25)28-3/h4,8-10,13,16H,1,5-7,11-12,14H2,2-3H3,(H,23,26)/b8-4+/t16-/m0/s1. The summed E-state index contributed by atoms with van der Waals surface area (Å²) in [5, 5.41) is 3.54. The van der Waals surface area contributed by atoms with Crippen LogP contribution in [-0.2, 0) is 14.3 Å². The minimum atomic E-state index is -0.399. The van der Waals surface area contributed by atoms with Crippen molar-refractivity contribution in [2.75, 3.05) is 33.9 Å². The van der Waals surface area contributed by atoms with Gasteiger partial charge in [0.2, 0.25) is 5.91 Å². The first-order valence-electron chi connectivity index (χ1n) is 9.26. The topological polar surface area (TPSA) is 67.9 Å². The normalized spacial score (nSPS) is 16.7. The van der Waals surface area contributed by atoms with Gasteiger partial charge >= 0.3 is 5.97 Å². The molecule has 0 spiro atoms. The van der Waals surface area contributed by atoms with Gasteiger partial charge in [-0.05, 0) is 37.5 Å². The number of methoxy groups -OCH3 is 2. The zero-order valence-corrected chi connectivity index (χ0v) is 17.1. The fourth-order valence-electron chi connectivity index (χ4n) is 3.18. The number of ether oxygens (including phenoxy) is 2. The number of hydrogen-bond donors (Lipinski definition) is 1. The van der Waals surface area contributed by atoms with E-state index in [1.165, 1.54) is 13.2 Å². The van der Waals surface area contributed by atoms with Crippen LogP contribution in [0.4, 0.5) is 0 Å². The smallest absolute Gasteiger partial charge is 0.330 e. The second-order valence-electron chi connectivity index (χ2n) is 6.58. The summed E-state index contributed by atoms with van der Waals surface area (Å²) in [7, 11) is 2.94. The minimum absolute atomic E-state index is 0.0158. The quantitative estimate of drug-likeness (QED) is 0.407. The van der Waals surface area contributed by atoms with Crippen LogP contribution in [0.25, 0.3) is 5.70 Å². The lowest BCUT2D eigenvalue weighted by Crippen LogP contribution is -2.42. The molecule has 1 atom stereocenters. The van der Waals surface area contributed by atoms with Crippen LogP contribution in [0.1, 0.15) is 24.8 Å². The molecule has 0 aromatic heterocycles. The van der Waals surface area contributed by atoms with Crippen LogP contribution in [0.15, 0.2) is 36.9 Å². The van der Waals surface area contributed by atoms with Gasteiger partial charge in [-0.25, -0.2) is 4.79 Å². The molecule has 1 fully saturated rings. The van der Waals surface area contributed by atoms with E-state index >= 15 is 0 Å². The van der Waals surface area contributed by atoms with Crippen LogP contribution < -0.4 is 10.1 Å². The van der Waals surface area contributed by atoms with Gasteiger partial charge in [-0.15, -0.1) is 0 Å². The number of esters is 1. The third-order valence-corrected chi connectivity index (χ3v) is 4.95. The summed E-state index contributed by atoms with van der Waals surface area (Å²) in [4.78, 5) is 25.6. The summed E-state index contributed by atoms with van der Waals surface area (Å²) in [6.45, 7) is 6.11. The molecule has 1 heterocycles. The van der Waals surface area contributed by atoms with Gasteiger partial charge in [0.1, 0.15) is 5.75 Å². The summed E-state index contributed by atoms with van der Waals surface area (Å²) >= 11 is 6.13. The predicted molar refractivity (Wildman–Crippen MR) is 110 cm³/mol. The van der Waals surface area contributed by atoms with Gasteiger partial charge in [0.15, 0.2) is 0 Å². The largest absolute Gasteiger partial charge is 0.496 e. The number of nitrogens with one attached hydrogen (secondary N) is 1. The van der Waals surface area contributed by atoms with Crippen LogP contribution in [0, 0.1) is 5.92 Å². The molecule has 28 heavy (non-hydrogen) atoms. The number of piperidine rings is 1. The van der Waals surface area contributed by atoms with Gasteiger partial charge in [-0.3, -0.25) is 4.79 Å². The van der Waals surface area contributed by atoms with Gasteiger partial charge in [-0.1, -0.05) is 24.3 Å². The first-order chi connectivity index (χ1) is 13.5. The molecule has 6 nitrogen and oxygen atoms in total. The van der Waals surface area contributed by atoms with Gasteiger partial charge < -0.3 is 19.7 Å². The number of carbonyl (C=O) groups excluding carboxylic acids is 2. The number of hydrogen-bond acceptors (Lipinski definition) is 5. The molecule has 1 aliphatic rings. The molecule has 0 aliphatic carbocycles. The second kappa shape index (κ2) is 10.8. The molecule has 0 bridgehead atoms. The molecule has 7 heteroatoms. The Balaban J connectivity index is 1.92. The van der Waals surface area contributed by atoms with E-state index in [0.29, 0.717) is 30.3 Å². The van der Waals surface area contributed by atoms with Gasteiger partial charge in [-0.2, -0.15) is 0 Å². The molecule has 1 saturated heterocycles. The lowest BCUT2D eigenvalue weighted by atomic mass is 9.95. The fraction of sp³-hybridized carbons (Fsp3) is 0.429. The third kappa shape index (κ3) is 6.02. The lowest BCUT2D eigenvalue weighted by molar-refractivity contribution is -0.134. The lowest BCUT2D eigenvalue weighted by Gasteiger charge is -2.35. The SMILES string of the molecule is C=C(c1cc(Cl)ccc1OC)N1CCC[C@H](C(=O)NCC/C=C/C(=O)OC)C1. The highest BCUT2D eigenvalue weighted by molar-refractivity contribution is 6.30. The van der Waals surface area contributed by atoms with Crippen molar-refractivity contribution in [3.8, 4) is 5.75 Å². The van der Waals surface area contributed by atoms with E-state index in [-0.39, 0.29) is 11.8 Å². The Bertz CT molecular complexity index is 748. The Hall–Kier alpha value is -2.47. The van der Waals surface area contributed by atoms with Crippen molar-refractivity contribution in [3.05, 3.63) is 47.5 Å². The molecular formula is C21H27ClN2O4. The molecule has 0 unspecified atom stereocenters. The molecule has 1 aliphatic heterocycles. The van der Waals surface area contributed by atoms with Crippen LogP contribution in [0.3, 0.4) is 0 Å². The van der Waals surface area contributed by atoms with E-state index in [1.807, 2.05) is 12.1 Å². The number of nitrogens with zero attached hydrogens (tertiary/aromatic N) is 1. The molecule has 1 amide bonds. The Morgan fingerprint density at radius 3 is 2.89 bits per heavy atom. The number of amides is 1. The summed E-state index contributed by atoms with van der Waals surface area (Å²) < 4.78 is 9.95. The second-order valence-corrected chi connectivity index (χ2v) is 7.02. The Morgan fingerprint density at radius 2 is 2.18 bits per heavy atom. The molecule has 1 aromatic carbocycles. The van der Waals surface area contributed by atoms with Gasteiger partial charge in [0, 0.05) is 42.0 Å². The molecule has 2 rings (SSSR count). The van der Waals surface area contributed by atoms with Crippen molar-refractivity contribution in [2.45, 2.75) is 19.3 Å². The van der Waals surface area contributed by atoms with Crippen LogP contribution in [-0.4, -0.2) is 50.6 Å². The number of halogens is 1. The molecular weight excluding hydrogens is 380 g/mol. The van der Waals surface area contributed by atoms with E-state index in [9.17, 15) is 9.59 Å². The highest BCUT2D eigenvalue weighted by atomic mass is 35.5. The van der Waals surface area contributed by atoms with Crippen molar-refractivity contribution >= 4 is 29.2 Å². The zero-order chi connectivity index (χ0) is 20.5. The number of rotatable bonds is 8. The first kappa shape index (κ1) is 21.8. The molecule has 152 valence electrons. The molecule has 0 saturated carbocycles. The van der Waals surface area contributed by atoms with E-state index in [0.717, 1.165) is 30.6 Å². The Morgan fingerprint density at radius 1 is 1.39 bits per heavy atom. The van der Waals surface area contributed by atoms with E-state index in [4.69, 9.17) is 16.3 Å². The highest BCUT2D eigenvalue weighted by Gasteiger charge is 2.27. The van der Waals surface area contributed by atoms with Crippen molar-refractivity contribution in [3.63, 3.8) is 0 Å². The summed E-state index contributed by atoms with van der Waals surface area (Å²) in [5.41, 5.74) is 1.64. The summed E-state index contributed by atoms with van der Waals surface area (Å²) in [6, 6.07) is 5.43. The fourth-order valence-corrected chi connectivity index (χ4v) is 3.36. The summed E-state index contributed by atoms with van der Waals surface area (Å²) in [6.07, 6.45) is 5.36. The zero-order valence-electron chi connectivity index (χ0n) is 16.4. The van der Waals surface area contributed by atoms with Crippen LogP contribution in [0.2, 0.25) is 5.02 Å². The van der Waals surface area contributed by atoms with Gasteiger partial charge in [0.25, 0.3) is 0 Å². The third-order valence-electron chi connectivity index (χ3n) is 4.71. The monoisotopic (exact) mass is 406 g/mol. The van der Waals surface area contributed by atoms with Crippen molar-refractivity contribution in [1.29, 1.82) is 0 Å². The number of likely N-dealkylation sites (tertiary alicyclic amines) is 1. The number of carbonyl (C=O) groups is 2. The van der Waals surface area contributed by atoms with Crippen molar-refractivity contribution in [1.82, 2.24) is 10.2 Å². The number of benzene rings is 1. The maximum atomic E-state index is 12.5. The average molecular weight is 407 g/mol. The van der Waals surface area contributed by atoms with Gasteiger partial charge in [0.05, 0.1) is 20.1 Å². The minimum Gasteiger partial charge on any atom is -0.496 e. The molecule has 0 radical (unpaired) electrons. The maximum absolute atomic E-state index is 12.5. The van der Waals surface area contributed by atoms with Crippen LogP contribution in [0.5, 0.6) is 5.75 Å². The average Bonchev–Trinajstić information content (AvgIpc) is 2.72. The highest BCUT2D eigenvalue weighted by Crippen LogP contribution is 2.32.